The summed E-state index contributed by atoms with van der Waals surface area (Å²) in [6.07, 6.45) is 6.84. The van der Waals surface area contributed by atoms with E-state index in [9.17, 15) is 4.79 Å². The van der Waals surface area contributed by atoms with Crippen LogP contribution in [0.3, 0.4) is 0 Å². The van der Waals surface area contributed by atoms with Crippen molar-refractivity contribution in [2.24, 2.45) is 0 Å². The Balaban J connectivity index is 1.51. The van der Waals surface area contributed by atoms with Crippen molar-refractivity contribution in [2.45, 2.75) is 18.9 Å². The van der Waals surface area contributed by atoms with E-state index in [-0.39, 0.29) is 11.9 Å². The number of para-hydroxylation sites is 1. The van der Waals surface area contributed by atoms with E-state index in [1.54, 1.807) is 12.4 Å². The van der Waals surface area contributed by atoms with Gasteiger partial charge in [0.2, 0.25) is 5.91 Å². The molecule has 4 aromatic rings. The Labute approximate surface area is 163 Å². The quantitative estimate of drug-likeness (QED) is 0.588. The molecule has 0 radical (unpaired) electrons. The highest BCUT2D eigenvalue weighted by Gasteiger charge is 2.31. The zero-order valence-electron chi connectivity index (χ0n) is 15.5. The Morgan fingerprint density at radius 3 is 2.71 bits per heavy atom. The summed E-state index contributed by atoms with van der Waals surface area (Å²) < 4.78 is 0. The van der Waals surface area contributed by atoms with E-state index < -0.39 is 0 Å². The third kappa shape index (κ3) is 2.87. The molecule has 0 saturated carbocycles. The van der Waals surface area contributed by atoms with E-state index >= 15 is 0 Å². The van der Waals surface area contributed by atoms with Crippen molar-refractivity contribution in [3.05, 3.63) is 102 Å². The second-order valence-electron chi connectivity index (χ2n) is 7.26. The lowest BCUT2D eigenvalue weighted by molar-refractivity contribution is -0.132. The van der Waals surface area contributed by atoms with Crippen molar-refractivity contribution in [1.29, 1.82) is 0 Å². The van der Waals surface area contributed by atoms with Gasteiger partial charge in [0, 0.05) is 36.0 Å². The monoisotopic (exact) mass is 367 g/mol. The average Bonchev–Trinajstić information content (AvgIpc) is 3.16. The van der Waals surface area contributed by atoms with Gasteiger partial charge in [0.15, 0.2) is 0 Å². The largest absolute Gasteiger partial charge is 0.361 e. The zero-order valence-corrected chi connectivity index (χ0v) is 15.5. The molecule has 2 aromatic heterocycles. The normalized spacial score (nSPS) is 16.1. The van der Waals surface area contributed by atoms with Crippen molar-refractivity contribution in [3.63, 3.8) is 0 Å². The number of benzene rings is 2. The summed E-state index contributed by atoms with van der Waals surface area (Å²) in [5.41, 5.74) is 5.76. The molecule has 1 aliphatic rings. The Morgan fingerprint density at radius 1 is 1.04 bits per heavy atom. The minimum atomic E-state index is -0.0642. The van der Waals surface area contributed by atoms with E-state index in [1.807, 2.05) is 41.4 Å². The summed E-state index contributed by atoms with van der Waals surface area (Å²) >= 11 is 0. The topological polar surface area (TPSA) is 49.0 Å². The summed E-state index contributed by atoms with van der Waals surface area (Å²) in [5.74, 6) is 0.154. The first-order valence-corrected chi connectivity index (χ1v) is 9.63. The van der Waals surface area contributed by atoms with Gasteiger partial charge < -0.3 is 9.88 Å². The van der Waals surface area contributed by atoms with Crippen LogP contribution in [0.25, 0.3) is 10.9 Å². The van der Waals surface area contributed by atoms with Crippen molar-refractivity contribution in [1.82, 2.24) is 14.9 Å². The maximum atomic E-state index is 13.4. The number of hydrogen-bond donors (Lipinski definition) is 1. The van der Waals surface area contributed by atoms with Crippen LogP contribution < -0.4 is 0 Å². The van der Waals surface area contributed by atoms with Crippen LogP contribution in [0.5, 0.6) is 0 Å². The number of H-pyrrole nitrogens is 1. The molecule has 1 unspecified atom stereocenters. The van der Waals surface area contributed by atoms with Crippen LogP contribution in [0, 0.1) is 0 Å². The first-order chi connectivity index (χ1) is 13.8. The fourth-order valence-electron chi connectivity index (χ4n) is 4.28. The molecule has 0 spiro atoms. The highest BCUT2D eigenvalue weighted by Crippen LogP contribution is 2.35. The maximum Gasteiger partial charge on any atom is 0.227 e. The Morgan fingerprint density at radius 2 is 1.82 bits per heavy atom. The number of rotatable bonds is 3. The first-order valence-electron chi connectivity index (χ1n) is 9.63. The number of amides is 1. The minimum Gasteiger partial charge on any atom is -0.361 e. The third-order valence-electron chi connectivity index (χ3n) is 5.64. The third-order valence-corrected chi connectivity index (χ3v) is 5.64. The van der Waals surface area contributed by atoms with E-state index in [4.69, 9.17) is 0 Å². The van der Waals surface area contributed by atoms with E-state index in [1.165, 1.54) is 11.1 Å². The molecule has 3 heterocycles. The van der Waals surface area contributed by atoms with E-state index in [2.05, 4.69) is 40.3 Å². The number of hydrogen-bond acceptors (Lipinski definition) is 2. The van der Waals surface area contributed by atoms with Crippen molar-refractivity contribution < 1.29 is 4.79 Å². The molecule has 0 bridgehead atoms. The number of aromatic nitrogens is 2. The molecule has 2 aromatic carbocycles. The van der Waals surface area contributed by atoms with Gasteiger partial charge in [-0.1, -0.05) is 42.5 Å². The number of carbonyl (C=O) groups is 1. The highest BCUT2D eigenvalue weighted by atomic mass is 16.2. The van der Waals surface area contributed by atoms with Crippen LogP contribution in [0.15, 0.2) is 79.3 Å². The van der Waals surface area contributed by atoms with Crippen molar-refractivity contribution in [2.75, 3.05) is 6.54 Å². The van der Waals surface area contributed by atoms with Crippen molar-refractivity contribution >= 4 is 16.8 Å². The molecule has 1 aliphatic heterocycles. The summed E-state index contributed by atoms with van der Waals surface area (Å²) in [4.78, 5) is 22.9. The SMILES string of the molecule is O=C(Cc1c[nH]c2ccccc12)N1CCc2ccccc2C1c1ccncc1. The number of aromatic amines is 1. The van der Waals surface area contributed by atoms with Crippen LogP contribution in [0.4, 0.5) is 0 Å². The number of fused-ring (bicyclic) bond motifs is 2. The molecule has 1 amide bonds. The summed E-state index contributed by atoms with van der Waals surface area (Å²) in [5, 5.41) is 1.12. The maximum absolute atomic E-state index is 13.4. The number of pyridine rings is 1. The molecule has 28 heavy (non-hydrogen) atoms. The molecule has 138 valence electrons. The van der Waals surface area contributed by atoms with Crippen LogP contribution in [0.1, 0.15) is 28.3 Å². The van der Waals surface area contributed by atoms with E-state index in [0.717, 1.165) is 35.0 Å². The first kappa shape index (κ1) is 16.8. The van der Waals surface area contributed by atoms with Gasteiger partial charge in [0.05, 0.1) is 12.5 Å². The van der Waals surface area contributed by atoms with Gasteiger partial charge in [-0.05, 0) is 46.9 Å². The minimum absolute atomic E-state index is 0.0642. The predicted octanol–water partition coefficient (Wildman–Crippen LogP) is 4.28. The number of carbonyl (C=O) groups excluding carboxylic acids is 1. The van der Waals surface area contributed by atoms with Crippen molar-refractivity contribution in [3.8, 4) is 0 Å². The van der Waals surface area contributed by atoms with Crippen LogP contribution in [0.2, 0.25) is 0 Å². The second-order valence-corrected chi connectivity index (χ2v) is 7.26. The van der Waals surface area contributed by atoms with Gasteiger partial charge in [-0.15, -0.1) is 0 Å². The predicted molar refractivity (Wildman–Crippen MR) is 110 cm³/mol. The Hall–Kier alpha value is -3.40. The highest BCUT2D eigenvalue weighted by molar-refractivity contribution is 5.89. The summed E-state index contributed by atoms with van der Waals surface area (Å²) in [6.45, 7) is 0.727. The van der Waals surface area contributed by atoms with Gasteiger partial charge in [-0.3, -0.25) is 9.78 Å². The lowest BCUT2D eigenvalue weighted by Gasteiger charge is -2.38. The van der Waals surface area contributed by atoms with Gasteiger partial charge in [0.1, 0.15) is 0 Å². The van der Waals surface area contributed by atoms with Gasteiger partial charge >= 0.3 is 0 Å². The number of nitrogens with one attached hydrogen (secondary N) is 1. The summed E-state index contributed by atoms with van der Waals surface area (Å²) in [7, 11) is 0. The fraction of sp³-hybridized carbons (Fsp3) is 0.167. The molecular formula is C24H21N3O. The van der Waals surface area contributed by atoms with Gasteiger partial charge in [-0.25, -0.2) is 0 Å². The molecule has 0 saturated heterocycles. The number of nitrogens with zero attached hydrogens (tertiary/aromatic N) is 2. The molecule has 1 atom stereocenters. The van der Waals surface area contributed by atoms with Gasteiger partial charge in [0.25, 0.3) is 0 Å². The molecule has 4 heteroatoms. The second kappa shape index (κ2) is 6.97. The molecule has 1 N–H and O–H groups in total. The van der Waals surface area contributed by atoms with Crippen LogP contribution >= 0.6 is 0 Å². The van der Waals surface area contributed by atoms with E-state index in [0.29, 0.717) is 6.42 Å². The zero-order chi connectivity index (χ0) is 18.9. The smallest absolute Gasteiger partial charge is 0.227 e. The lowest BCUT2D eigenvalue weighted by atomic mass is 9.88. The molecule has 4 nitrogen and oxygen atoms in total. The van der Waals surface area contributed by atoms with Crippen LogP contribution in [-0.4, -0.2) is 27.3 Å². The lowest BCUT2D eigenvalue weighted by Crippen LogP contribution is -2.41. The Bertz CT molecular complexity index is 1130. The molecular weight excluding hydrogens is 346 g/mol. The summed E-state index contributed by atoms with van der Waals surface area (Å²) in [6, 6.07) is 20.5. The molecule has 0 aliphatic carbocycles. The average molecular weight is 367 g/mol. The fourth-order valence-corrected chi connectivity index (χ4v) is 4.28. The van der Waals surface area contributed by atoms with Crippen LogP contribution in [-0.2, 0) is 17.6 Å². The molecule has 0 fully saturated rings. The standard InChI is InChI=1S/C24H21N3O/c28-23(15-19-16-26-22-8-4-3-6-20(19)22)27-14-11-17-5-1-2-7-21(17)24(27)18-9-12-25-13-10-18/h1-10,12-13,16,24,26H,11,14-15H2. The molecule has 5 rings (SSSR count). The Kier molecular flexibility index (Phi) is 4.17. The van der Waals surface area contributed by atoms with Gasteiger partial charge in [-0.2, -0.15) is 0 Å².